The first-order valence-electron chi connectivity index (χ1n) is 9.44. The molecule has 32 heavy (non-hydrogen) atoms. The summed E-state index contributed by atoms with van der Waals surface area (Å²) in [5, 5.41) is 20.6. The predicted molar refractivity (Wildman–Crippen MR) is 109 cm³/mol. The average Bonchev–Trinajstić information content (AvgIpc) is 3.28. The fourth-order valence-electron chi connectivity index (χ4n) is 2.96. The van der Waals surface area contributed by atoms with Crippen molar-refractivity contribution >= 4 is 17.3 Å². The number of nitrogens with zero attached hydrogens (tertiary/aromatic N) is 4. The summed E-state index contributed by atoms with van der Waals surface area (Å²) < 4.78 is 40.1. The first kappa shape index (κ1) is 22.7. The predicted octanol–water partition coefficient (Wildman–Crippen LogP) is 3.87. The highest BCUT2D eigenvalue weighted by Gasteiger charge is 2.33. The van der Waals surface area contributed by atoms with Gasteiger partial charge in [-0.2, -0.15) is 18.3 Å². The van der Waals surface area contributed by atoms with Gasteiger partial charge in [0.25, 0.3) is 5.69 Å². The van der Waals surface area contributed by atoms with Crippen LogP contribution in [0.1, 0.15) is 31.0 Å². The van der Waals surface area contributed by atoms with E-state index in [1.165, 1.54) is 13.3 Å². The lowest BCUT2D eigenvalue weighted by molar-refractivity contribution is -0.384. The fourth-order valence-corrected chi connectivity index (χ4v) is 2.96. The Morgan fingerprint density at radius 2 is 1.84 bits per heavy atom. The van der Waals surface area contributed by atoms with Crippen LogP contribution >= 0.6 is 0 Å². The Hall–Kier alpha value is -3.96. The normalized spacial score (nSPS) is 13.3. The van der Waals surface area contributed by atoms with E-state index in [0.29, 0.717) is 6.07 Å². The van der Waals surface area contributed by atoms with E-state index in [9.17, 15) is 28.1 Å². The Labute approximate surface area is 180 Å². The molecule has 0 aliphatic carbocycles. The zero-order valence-corrected chi connectivity index (χ0v) is 17.0. The van der Waals surface area contributed by atoms with Gasteiger partial charge in [0.2, 0.25) is 5.91 Å². The van der Waals surface area contributed by atoms with E-state index >= 15 is 0 Å². The highest BCUT2D eigenvalue weighted by atomic mass is 19.4. The molecule has 0 spiro atoms. The van der Waals surface area contributed by atoms with Gasteiger partial charge in [-0.05, 0) is 43.7 Å². The highest BCUT2D eigenvalue weighted by molar-refractivity contribution is 5.85. The third-order valence-corrected chi connectivity index (χ3v) is 4.72. The van der Waals surface area contributed by atoms with Gasteiger partial charge in [0.05, 0.1) is 22.2 Å². The molecule has 0 fully saturated rings. The Morgan fingerprint density at radius 1 is 1.16 bits per heavy atom. The number of hydrogen-bond acceptors (Lipinski definition) is 6. The summed E-state index contributed by atoms with van der Waals surface area (Å²) >= 11 is 0. The van der Waals surface area contributed by atoms with Crippen LogP contribution in [0.25, 0.3) is 5.69 Å². The van der Waals surface area contributed by atoms with Crippen molar-refractivity contribution in [3.63, 3.8) is 0 Å². The summed E-state index contributed by atoms with van der Waals surface area (Å²) in [4.78, 5) is 26.7. The number of nitro groups is 1. The number of aromatic nitrogens is 3. The fraction of sp³-hybridized carbons (Fsp3) is 0.250. The van der Waals surface area contributed by atoms with Crippen LogP contribution in [0.3, 0.4) is 0 Å². The number of alkyl halides is 3. The van der Waals surface area contributed by atoms with E-state index in [1.54, 1.807) is 42.2 Å². The van der Waals surface area contributed by atoms with E-state index in [2.05, 4.69) is 20.7 Å². The molecule has 0 saturated carbocycles. The molecule has 3 rings (SSSR count). The Kier molecular flexibility index (Phi) is 6.42. The van der Waals surface area contributed by atoms with Crippen molar-refractivity contribution in [2.24, 2.45) is 0 Å². The number of nitrogens with one attached hydrogen (secondary N) is 2. The highest BCUT2D eigenvalue weighted by Crippen LogP contribution is 2.35. The molecular weight excluding hydrogens is 429 g/mol. The van der Waals surface area contributed by atoms with Crippen molar-refractivity contribution < 1.29 is 22.9 Å². The summed E-state index contributed by atoms with van der Waals surface area (Å²) in [5.41, 5.74) is -0.508. The van der Waals surface area contributed by atoms with Gasteiger partial charge in [0, 0.05) is 6.07 Å². The second kappa shape index (κ2) is 9.04. The maximum Gasteiger partial charge on any atom is 0.416 e. The molecule has 9 nitrogen and oxygen atoms in total. The van der Waals surface area contributed by atoms with Crippen molar-refractivity contribution in [3.05, 3.63) is 76.4 Å². The largest absolute Gasteiger partial charge is 0.416 e. The SMILES string of the molecule is C[C@H](Nc1ccc(C(F)(F)F)cc1[N+](=O)[O-])C(=O)N[C@H](C)c1ccc(-n2cncn2)cc1. The maximum atomic E-state index is 12.8. The molecule has 12 heteroatoms. The third kappa shape index (κ3) is 5.20. The van der Waals surface area contributed by atoms with Gasteiger partial charge in [-0.3, -0.25) is 14.9 Å². The molecule has 0 saturated heterocycles. The van der Waals surface area contributed by atoms with Crippen molar-refractivity contribution in [1.82, 2.24) is 20.1 Å². The number of carbonyl (C=O) groups excluding carboxylic acids is 1. The maximum absolute atomic E-state index is 12.8. The molecule has 0 bridgehead atoms. The summed E-state index contributed by atoms with van der Waals surface area (Å²) in [6, 6.07) is 7.99. The number of hydrogen-bond donors (Lipinski definition) is 2. The Balaban J connectivity index is 1.67. The molecule has 0 aliphatic heterocycles. The minimum absolute atomic E-state index is 0.185. The van der Waals surface area contributed by atoms with E-state index in [1.807, 2.05) is 0 Å². The van der Waals surface area contributed by atoms with Gasteiger partial charge in [-0.25, -0.2) is 9.67 Å². The van der Waals surface area contributed by atoms with E-state index in [0.717, 1.165) is 23.4 Å². The second-order valence-corrected chi connectivity index (χ2v) is 7.01. The number of halogens is 3. The smallest absolute Gasteiger partial charge is 0.368 e. The Morgan fingerprint density at radius 3 is 2.41 bits per heavy atom. The number of carbonyl (C=O) groups is 1. The third-order valence-electron chi connectivity index (χ3n) is 4.72. The summed E-state index contributed by atoms with van der Waals surface area (Å²) in [6.07, 6.45) is -1.76. The second-order valence-electron chi connectivity index (χ2n) is 7.01. The van der Waals surface area contributed by atoms with Crippen LogP contribution < -0.4 is 10.6 Å². The molecule has 2 N–H and O–H groups in total. The van der Waals surface area contributed by atoms with Gasteiger partial charge in [0.15, 0.2) is 0 Å². The van der Waals surface area contributed by atoms with Gasteiger partial charge in [-0.1, -0.05) is 12.1 Å². The van der Waals surface area contributed by atoms with E-state index in [4.69, 9.17) is 0 Å². The molecule has 2 aromatic carbocycles. The van der Waals surface area contributed by atoms with Crippen molar-refractivity contribution in [2.45, 2.75) is 32.1 Å². The molecule has 1 amide bonds. The van der Waals surface area contributed by atoms with Crippen LogP contribution in [0.15, 0.2) is 55.1 Å². The minimum atomic E-state index is -4.72. The molecule has 2 atom stereocenters. The molecule has 0 unspecified atom stereocenters. The lowest BCUT2D eigenvalue weighted by atomic mass is 10.1. The van der Waals surface area contributed by atoms with Crippen molar-refractivity contribution in [2.75, 3.05) is 5.32 Å². The lowest BCUT2D eigenvalue weighted by Crippen LogP contribution is -2.39. The van der Waals surface area contributed by atoms with Crippen LogP contribution in [0.2, 0.25) is 0 Å². The molecule has 3 aromatic rings. The number of nitro benzene ring substituents is 1. The van der Waals surface area contributed by atoms with E-state index in [-0.39, 0.29) is 11.7 Å². The number of anilines is 1. The Bertz CT molecular complexity index is 1100. The molecule has 1 aromatic heterocycles. The standard InChI is InChI=1S/C20H19F3N6O3/c1-12(14-3-6-16(7-4-14)28-11-24-10-25-28)27-19(30)13(2)26-17-8-5-15(20(21,22)23)9-18(17)29(31)32/h3-13,26H,1-2H3,(H,27,30)/t12-,13+/m1/s1. The first-order valence-corrected chi connectivity index (χ1v) is 9.44. The molecule has 168 valence electrons. The summed E-state index contributed by atoms with van der Waals surface area (Å²) in [7, 11) is 0. The van der Waals surface area contributed by atoms with Crippen LogP contribution in [0.4, 0.5) is 24.5 Å². The first-order chi connectivity index (χ1) is 15.1. The molecule has 1 heterocycles. The van der Waals surface area contributed by atoms with Gasteiger partial charge >= 0.3 is 6.18 Å². The van der Waals surface area contributed by atoms with Crippen molar-refractivity contribution in [3.8, 4) is 5.69 Å². The van der Waals surface area contributed by atoms with Crippen LogP contribution in [-0.2, 0) is 11.0 Å². The summed E-state index contributed by atoms with van der Waals surface area (Å²) in [6.45, 7) is 3.22. The molecule has 0 aliphatic rings. The van der Waals surface area contributed by atoms with E-state index < -0.39 is 34.3 Å². The topological polar surface area (TPSA) is 115 Å². The monoisotopic (exact) mass is 448 g/mol. The number of benzene rings is 2. The van der Waals surface area contributed by atoms with Crippen LogP contribution in [0, 0.1) is 10.1 Å². The average molecular weight is 448 g/mol. The van der Waals surface area contributed by atoms with Crippen LogP contribution in [-0.4, -0.2) is 31.6 Å². The van der Waals surface area contributed by atoms with Crippen molar-refractivity contribution in [1.29, 1.82) is 0 Å². The van der Waals surface area contributed by atoms with Gasteiger partial charge in [-0.15, -0.1) is 0 Å². The summed E-state index contributed by atoms with van der Waals surface area (Å²) in [5.74, 6) is -0.480. The number of amides is 1. The van der Waals surface area contributed by atoms with Crippen LogP contribution in [0.5, 0.6) is 0 Å². The molecular formula is C20H19F3N6O3. The van der Waals surface area contributed by atoms with Gasteiger partial charge in [0.1, 0.15) is 24.4 Å². The van der Waals surface area contributed by atoms with Gasteiger partial charge < -0.3 is 10.6 Å². The minimum Gasteiger partial charge on any atom is -0.368 e. The number of rotatable bonds is 7. The quantitative estimate of drug-likeness (QED) is 0.419. The zero-order chi connectivity index (χ0) is 23.5. The molecule has 0 radical (unpaired) electrons. The zero-order valence-electron chi connectivity index (χ0n) is 17.0. The lowest BCUT2D eigenvalue weighted by Gasteiger charge is -2.20.